The molecule has 3 aromatic heterocycles. The number of benzene rings is 2. The Balaban J connectivity index is 1.73. The van der Waals surface area contributed by atoms with Gasteiger partial charge in [-0.15, -0.1) is 0 Å². The zero-order valence-corrected chi connectivity index (χ0v) is 17.7. The first kappa shape index (κ1) is 19.9. The third kappa shape index (κ3) is 3.72. The minimum absolute atomic E-state index is 0.465. The third-order valence-corrected chi connectivity index (χ3v) is 5.41. The highest BCUT2D eigenvalue weighted by Crippen LogP contribution is 2.35. The summed E-state index contributed by atoms with van der Waals surface area (Å²) >= 11 is 0. The summed E-state index contributed by atoms with van der Waals surface area (Å²) in [5.74, 6) is 1.03. The molecule has 0 aliphatic rings. The maximum Gasteiger partial charge on any atom is 0.231 e. The molecule has 3 heterocycles. The predicted octanol–water partition coefficient (Wildman–Crippen LogP) is 4.52. The molecule has 5 rings (SSSR count). The molecule has 0 aliphatic heterocycles. The highest BCUT2D eigenvalue weighted by atomic mass is 16.5. The molecule has 0 aliphatic carbocycles. The fourth-order valence-corrected chi connectivity index (χ4v) is 3.77. The lowest BCUT2D eigenvalue weighted by Gasteiger charge is -2.13. The van der Waals surface area contributed by atoms with Crippen molar-refractivity contribution in [3.63, 3.8) is 0 Å². The molecule has 5 aromatic rings. The maximum atomic E-state index is 5.37. The molecule has 0 atom stereocenters. The van der Waals surface area contributed by atoms with E-state index in [1.165, 1.54) is 5.56 Å². The van der Waals surface area contributed by atoms with Gasteiger partial charge >= 0.3 is 0 Å². The van der Waals surface area contributed by atoms with Gasteiger partial charge in [-0.25, -0.2) is 4.98 Å². The average Bonchev–Trinajstić information content (AvgIpc) is 3.32. The van der Waals surface area contributed by atoms with Crippen molar-refractivity contribution in [1.29, 1.82) is 0 Å². The Labute approximate surface area is 186 Å². The molecule has 0 radical (unpaired) electrons. The van der Waals surface area contributed by atoms with Crippen LogP contribution in [0.25, 0.3) is 44.8 Å². The Kier molecular flexibility index (Phi) is 5.35. The van der Waals surface area contributed by atoms with Crippen LogP contribution in [0.3, 0.4) is 0 Å². The summed E-state index contributed by atoms with van der Waals surface area (Å²) in [7, 11) is 0. The van der Waals surface area contributed by atoms with E-state index in [2.05, 4.69) is 70.2 Å². The summed E-state index contributed by atoms with van der Waals surface area (Å²) in [5.41, 5.74) is 10.7. The number of pyridine rings is 2. The van der Waals surface area contributed by atoms with E-state index >= 15 is 0 Å². The van der Waals surface area contributed by atoms with Gasteiger partial charge in [-0.2, -0.15) is 4.98 Å². The van der Waals surface area contributed by atoms with Crippen molar-refractivity contribution in [1.82, 2.24) is 20.1 Å². The van der Waals surface area contributed by atoms with E-state index in [9.17, 15) is 0 Å². The first-order chi connectivity index (χ1) is 15.8. The van der Waals surface area contributed by atoms with Crippen LogP contribution < -0.4 is 5.73 Å². The second-order valence-corrected chi connectivity index (χ2v) is 7.54. The molecular weight excluding hydrogens is 398 g/mol. The summed E-state index contributed by atoms with van der Waals surface area (Å²) in [6.07, 6.45) is 3.07. The largest absolute Gasteiger partial charge is 0.354 e. The number of quaternary nitrogens is 1. The van der Waals surface area contributed by atoms with Crippen LogP contribution in [0.2, 0.25) is 0 Å². The molecule has 3 N–H and O–H groups in total. The predicted molar refractivity (Wildman–Crippen MR) is 124 cm³/mol. The van der Waals surface area contributed by atoms with E-state index in [1.807, 2.05) is 24.3 Å². The molecule has 0 saturated carbocycles. The number of fused-ring (bicyclic) bond motifs is 1. The summed E-state index contributed by atoms with van der Waals surface area (Å²) in [5, 5.41) is 5.03. The number of aryl methyl sites for hydroxylation is 1. The van der Waals surface area contributed by atoms with Crippen molar-refractivity contribution in [2.24, 2.45) is 0 Å². The Bertz CT molecular complexity index is 1360. The fourth-order valence-electron chi connectivity index (χ4n) is 3.77. The van der Waals surface area contributed by atoms with E-state index in [-0.39, 0.29) is 0 Å². The second kappa shape index (κ2) is 8.61. The van der Waals surface area contributed by atoms with Crippen LogP contribution in [0.4, 0.5) is 0 Å². The summed E-state index contributed by atoms with van der Waals surface area (Å²) in [6.45, 7) is 4.61. The lowest BCUT2D eigenvalue weighted by atomic mass is 9.96. The van der Waals surface area contributed by atoms with Crippen LogP contribution in [0, 0.1) is 6.92 Å². The van der Waals surface area contributed by atoms with Crippen molar-refractivity contribution in [2.45, 2.75) is 19.4 Å². The van der Waals surface area contributed by atoms with Gasteiger partial charge in [0.05, 0.1) is 37.5 Å². The number of hydrogen-bond donors (Lipinski definition) is 1. The topological polar surface area (TPSA) is 92.3 Å². The van der Waals surface area contributed by atoms with E-state index in [0.29, 0.717) is 30.3 Å². The third-order valence-electron chi connectivity index (χ3n) is 5.41. The molecule has 0 spiro atoms. The van der Waals surface area contributed by atoms with Crippen molar-refractivity contribution in [2.75, 3.05) is 0 Å². The molecular formula is C26H23N5O+2. The van der Waals surface area contributed by atoms with E-state index in [1.54, 1.807) is 6.20 Å². The number of hydrogen-bond acceptors (Lipinski definition) is 5. The van der Waals surface area contributed by atoms with Gasteiger partial charge in [0.1, 0.15) is 5.69 Å². The van der Waals surface area contributed by atoms with Crippen molar-refractivity contribution in [3.05, 3.63) is 91.3 Å². The van der Waals surface area contributed by atoms with E-state index in [4.69, 9.17) is 9.51 Å². The summed E-state index contributed by atoms with van der Waals surface area (Å²) < 4.78 is 5.37. The highest BCUT2D eigenvalue weighted by molar-refractivity contribution is 5.97. The highest BCUT2D eigenvalue weighted by Gasteiger charge is 2.18. The van der Waals surface area contributed by atoms with Crippen LogP contribution in [0.5, 0.6) is 0 Å². The molecule has 2 aromatic carbocycles. The van der Waals surface area contributed by atoms with Gasteiger partial charge in [0, 0.05) is 28.3 Å². The number of rotatable bonds is 6. The van der Waals surface area contributed by atoms with Gasteiger partial charge in [-0.05, 0) is 17.7 Å². The van der Waals surface area contributed by atoms with Crippen molar-refractivity contribution in [3.8, 4) is 33.9 Å². The molecule has 6 nitrogen and oxygen atoms in total. The van der Waals surface area contributed by atoms with E-state index < -0.39 is 0 Å². The standard InChI is InChI=1S/C26H22N5O/c1-2-6-23-30-26(31-32-23)25-21-15-20(18-7-4-3-5-8-18)24(29-22(21)13-14-28-25)19-11-9-17(16-27)10-12-19/h3-5,7-15H,1-2,6,16,27H2/q+1/p+1. The van der Waals surface area contributed by atoms with Crippen LogP contribution >= 0.6 is 0 Å². The first-order valence-corrected chi connectivity index (χ1v) is 10.6. The normalized spacial score (nSPS) is 11.2. The van der Waals surface area contributed by atoms with Crippen molar-refractivity contribution < 1.29 is 10.3 Å². The van der Waals surface area contributed by atoms with Gasteiger partial charge in [0.2, 0.25) is 11.7 Å². The molecule has 0 fully saturated rings. The average molecular weight is 422 g/mol. The van der Waals surface area contributed by atoms with Crippen LogP contribution in [-0.2, 0) is 13.0 Å². The molecule has 0 amide bonds. The Morgan fingerprint density at radius 1 is 0.875 bits per heavy atom. The van der Waals surface area contributed by atoms with Gasteiger partial charge in [-0.1, -0.05) is 59.8 Å². The van der Waals surface area contributed by atoms with Crippen LogP contribution in [-0.4, -0.2) is 20.1 Å². The number of nitrogens with zero attached hydrogens (tertiary/aromatic N) is 4. The number of aromatic nitrogens is 4. The maximum absolute atomic E-state index is 5.37. The zero-order valence-electron chi connectivity index (χ0n) is 17.7. The SMILES string of the molecule is [CH2+]CCc1nc(-c2nccc3nc(-c4ccc(C[NH3+])cc4)c(-c4ccccc4)cc23)no1. The fraction of sp³-hybridized carbons (Fsp3) is 0.115. The summed E-state index contributed by atoms with van der Waals surface area (Å²) in [6, 6.07) is 22.7. The molecule has 0 bridgehead atoms. The van der Waals surface area contributed by atoms with Gasteiger partial charge in [0.15, 0.2) is 0 Å². The lowest BCUT2D eigenvalue weighted by molar-refractivity contribution is -0.386. The molecule has 6 heteroatoms. The van der Waals surface area contributed by atoms with Gasteiger partial charge in [-0.3, -0.25) is 4.98 Å². The Morgan fingerprint density at radius 3 is 2.44 bits per heavy atom. The molecule has 156 valence electrons. The Hall–Kier alpha value is -4.03. The summed E-state index contributed by atoms with van der Waals surface area (Å²) in [4.78, 5) is 14.1. The lowest BCUT2D eigenvalue weighted by Crippen LogP contribution is -2.47. The monoisotopic (exact) mass is 421 g/mol. The smallest absolute Gasteiger partial charge is 0.231 e. The minimum Gasteiger partial charge on any atom is -0.354 e. The molecule has 0 unspecified atom stereocenters. The van der Waals surface area contributed by atoms with Crippen molar-refractivity contribution >= 4 is 10.9 Å². The Morgan fingerprint density at radius 2 is 1.69 bits per heavy atom. The van der Waals surface area contributed by atoms with E-state index in [0.717, 1.165) is 39.8 Å². The van der Waals surface area contributed by atoms with Gasteiger partial charge in [0.25, 0.3) is 0 Å². The first-order valence-electron chi connectivity index (χ1n) is 10.6. The zero-order chi connectivity index (χ0) is 21.9. The second-order valence-electron chi connectivity index (χ2n) is 7.54. The van der Waals surface area contributed by atoms with Crippen LogP contribution in [0.1, 0.15) is 17.9 Å². The quantitative estimate of drug-likeness (QED) is 0.407. The van der Waals surface area contributed by atoms with Crippen LogP contribution in [0.15, 0.2) is 77.4 Å². The molecule has 32 heavy (non-hydrogen) atoms. The molecule has 0 saturated heterocycles. The van der Waals surface area contributed by atoms with Gasteiger partial charge < -0.3 is 10.3 Å². The minimum atomic E-state index is 0.465.